The predicted molar refractivity (Wildman–Crippen MR) is 101 cm³/mol. The van der Waals surface area contributed by atoms with Gasteiger partial charge in [-0.05, 0) is 39.8 Å². The van der Waals surface area contributed by atoms with E-state index in [0.717, 1.165) is 45.4 Å². The van der Waals surface area contributed by atoms with E-state index >= 15 is 0 Å². The fraction of sp³-hybridized carbons (Fsp3) is 0.944. The van der Waals surface area contributed by atoms with Gasteiger partial charge in [0, 0.05) is 51.9 Å². The molecule has 1 N–H and O–H groups in total. The molecule has 2 aliphatic rings. The number of ether oxygens (including phenoxy) is 1. The quantitative estimate of drug-likeness (QED) is 0.580. The van der Waals surface area contributed by atoms with Crippen LogP contribution in [-0.4, -0.2) is 98.8 Å². The average molecular weight is 340 g/mol. The first kappa shape index (κ1) is 19.5. The molecule has 140 valence electrons. The SMILES string of the molecule is CCN1CCCC1CN(C)C(=NC)NCC(C)N1CCOCC1C. The standard InChI is InChI=1S/C18H37N5O/c1-6-22-9-7-8-17(22)13-21(5)18(19-4)20-12-15(2)23-10-11-24-14-16(23)3/h15-17H,6-14H2,1-5H3,(H,19,20). The average Bonchev–Trinajstić information content (AvgIpc) is 3.02. The van der Waals surface area contributed by atoms with Crippen molar-refractivity contribution in [2.75, 3.05) is 60.0 Å². The molecular weight excluding hydrogens is 302 g/mol. The number of hydrogen-bond acceptors (Lipinski definition) is 4. The fourth-order valence-electron chi connectivity index (χ4n) is 4.06. The van der Waals surface area contributed by atoms with Crippen LogP contribution in [0.1, 0.15) is 33.6 Å². The van der Waals surface area contributed by atoms with Crippen LogP contribution in [0.25, 0.3) is 0 Å². The first-order valence-electron chi connectivity index (χ1n) is 9.56. The minimum atomic E-state index is 0.479. The second-order valence-electron chi connectivity index (χ2n) is 7.24. The normalized spacial score (nSPS) is 28.1. The molecule has 2 fully saturated rings. The molecule has 3 atom stereocenters. The van der Waals surface area contributed by atoms with Gasteiger partial charge in [0.25, 0.3) is 0 Å². The molecule has 2 heterocycles. The Labute approximate surface area is 148 Å². The molecule has 24 heavy (non-hydrogen) atoms. The lowest BCUT2D eigenvalue weighted by Gasteiger charge is -2.38. The molecule has 6 nitrogen and oxygen atoms in total. The number of rotatable bonds is 6. The van der Waals surface area contributed by atoms with Crippen LogP contribution in [0.5, 0.6) is 0 Å². The van der Waals surface area contributed by atoms with Gasteiger partial charge >= 0.3 is 0 Å². The third-order valence-corrected chi connectivity index (χ3v) is 5.50. The van der Waals surface area contributed by atoms with Crippen LogP contribution in [0.3, 0.4) is 0 Å². The fourth-order valence-corrected chi connectivity index (χ4v) is 4.06. The van der Waals surface area contributed by atoms with Gasteiger partial charge in [-0.15, -0.1) is 0 Å². The summed E-state index contributed by atoms with van der Waals surface area (Å²) < 4.78 is 5.54. The van der Waals surface area contributed by atoms with Crippen molar-refractivity contribution < 1.29 is 4.74 Å². The van der Waals surface area contributed by atoms with Crippen LogP contribution < -0.4 is 5.32 Å². The lowest BCUT2D eigenvalue weighted by Crippen LogP contribution is -2.53. The van der Waals surface area contributed by atoms with Crippen LogP contribution in [0.15, 0.2) is 4.99 Å². The Kier molecular flexibility index (Phi) is 7.78. The molecule has 0 spiro atoms. The van der Waals surface area contributed by atoms with Crippen LogP contribution in [0.4, 0.5) is 0 Å². The summed E-state index contributed by atoms with van der Waals surface area (Å²) in [6, 6.07) is 1.63. The highest BCUT2D eigenvalue weighted by atomic mass is 16.5. The molecule has 2 aliphatic heterocycles. The van der Waals surface area contributed by atoms with Crippen molar-refractivity contribution in [3.05, 3.63) is 0 Å². The molecule has 0 amide bonds. The van der Waals surface area contributed by atoms with Crippen LogP contribution >= 0.6 is 0 Å². The second kappa shape index (κ2) is 9.59. The summed E-state index contributed by atoms with van der Waals surface area (Å²) in [5, 5.41) is 3.57. The van der Waals surface area contributed by atoms with Crippen molar-refractivity contribution in [3.63, 3.8) is 0 Å². The van der Waals surface area contributed by atoms with Gasteiger partial charge in [0.15, 0.2) is 5.96 Å². The zero-order valence-electron chi connectivity index (χ0n) is 16.3. The molecule has 0 radical (unpaired) electrons. The van der Waals surface area contributed by atoms with Gasteiger partial charge in [-0.25, -0.2) is 0 Å². The summed E-state index contributed by atoms with van der Waals surface area (Å²) in [4.78, 5) is 11.9. The molecule has 0 bridgehead atoms. The third kappa shape index (κ3) is 5.07. The Balaban J connectivity index is 1.80. The largest absolute Gasteiger partial charge is 0.379 e. The highest BCUT2D eigenvalue weighted by Crippen LogP contribution is 2.17. The van der Waals surface area contributed by atoms with E-state index in [2.05, 4.69) is 52.8 Å². The minimum Gasteiger partial charge on any atom is -0.379 e. The molecule has 2 rings (SSSR count). The van der Waals surface area contributed by atoms with E-state index in [0.29, 0.717) is 18.1 Å². The second-order valence-corrected chi connectivity index (χ2v) is 7.24. The van der Waals surface area contributed by atoms with Crippen molar-refractivity contribution in [1.29, 1.82) is 0 Å². The molecule has 0 aromatic heterocycles. The highest BCUT2D eigenvalue weighted by molar-refractivity contribution is 5.79. The maximum absolute atomic E-state index is 5.54. The topological polar surface area (TPSA) is 43.3 Å². The smallest absolute Gasteiger partial charge is 0.193 e. The minimum absolute atomic E-state index is 0.479. The first-order valence-corrected chi connectivity index (χ1v) is 9.56. The van der Waals surface area contributed by atoms with E-state index in [9.17, 15) is 0 Å². The van der Waals surface area contributed by atoms with E-state index in [1.807, 2.05) is 7.05 Å². The highest BCUT2D eigenvalue weighted by Gasteiger charge is 2.26. The zero-order chi connectivity index (χ0) is 17.5. The Morgan fingerprint density at radius 1 is 1.42 bits per heavy atom. The maximum Gasteiger partial charge on any atom is 0.193 e. The molecule has 0 saturated carbocycles. The van der Waals surface area contributed by atoms with Crippen molar-refractivity contribution in [3.8, 4) is 0 Å². The number of nitrogens with zero attached hydrogens (tertiary/aromatic N) is 4. The molecule has 6 heteroatoms. The zero-order valence-corrected chi connectivity index (χ0v) is 16.3. The van der Waals surface area contributed by atoms with Gasteiger partial charge in [-0.1, -0.05) is 6.92 Å². The first-order chi connectivity index (χ1) is 11.6. The maximum atomic E-state index is 5.54. The van der Waals surface area contributed by atoms with E-state index in [1.165, 1.54) is 19.4 Å². The molecule has 0 aromatic carbocycles. The number of morpholine rings is 1. The van der Waals surface area contributed by atoms with Gasteiger partial charge < -0.3 is 15.0 Å². The lowest BCUT2D eigenvalue weighted by molar-refractivity contribution is -0.0175. The number of guanidine groups is 1. The van der Waals surface area contributed by atoms with Crippen LogP contribution in [0.2, 0.25) is 0 Å². The Morgan fingerprint density at radius 2 is 2.21 bits per heavy atom. The van der Waals surface area contributed by atoms with E-state index < -0.39 is 0 Å². The molecule has 0 aliphatic carbocycles. The van der Waals surface area contributed by atoms with Crippen molar-refractivity contribution >= 4 is 5.96 Å². The number of likely N-dealkylation sites (N-methyl/N-ethyl adjacent to an activating group) is 2. The van der Waals surface area contributed by atoms with Gasteiger partial charge in [0.05, 0.1) is 13.2 Å². The molecular formula is C18H37N5O. The van der Waals surface area contributed by atoms with Crippen molar-refractivity contribution in [2.45, 2.75) is 51.7 Å². The summed E-state index contributed by atoms with van der Waals surface area (Å²) in [5.41, 5.74) is 0. The number of likely N-dealkylation sites (tertiary alicyclic amines) is 1. The van der Waals surface area contributed by atoms with Gasteiger partial charge in [-0.2, -0.15) is 0 Å². The summed E-state index contributed by atoms with van der Waals surface area (Å²) in [6.45, 7) is 13.9. The van der Waals surface area contributed by atoms with E-state index in [1.54, 1.807) is 0 Å². The van der Waals surface area contributed by atoms with Crippen LogP contribution in [0, 0.1) is 0 Å². The molecule has 0 aromatic rings. The van der Waals surface area contributed by atoms with Gasteiger partial charge in [0.1, 0.15) is 0 Å². The van der Waals surface area contributed by atoms with E-state index in [4.69, 9.17) is 4.74 Å². The lowest BCUT2D eigenvalue weighted by atomic mass is 10.2. The summed E-state index contributed by atoms with van der Waals surface area (Å²) in [6.07, 6.45) is 2.63. The number of aliphatic imine (C=N–C) groups is 1. The van der Waals surface area contributed by atoms with Gasteiger partial charge in [0.2, 0.25) is 0 Å². The molecule has 2 saturated heterocycles. The molecule has 3 unspecified atom stereocenters. The monoisotopic (exact) mass is 339 g/mol. The Bertz CT molecular complexity index is 403. The summed E-state index contributed by atoms with van der Waals surface area (Å²) >= 11 is 0. The summed E-state index contributed by atoms with van der Waals surface area (Å²) in [5.74, 6) is 1.01. The van der Waals surface area contributed by atoms with E-state index in [-0.39, 0.29) is 0 Å². The third-order valence-electron chi connectivity index (χ3n) is 5.50. The Morgan fingerprint density at radius 3 is 2.88 bits per heavy atom. The van der Waals surface area contributed by atoms with Crippen molar-refractivity contribution in [2.24, 2.45) is 4.99 Å². The van der Waals surface area contributed by atoms with Gasteiger partial charge in [-0.3, -0.25) is 14.8 Å². The summed E-state index contributed by atoms with van der Waals surface area (Å²) in [7, 11) is 4.04. The van der Waals surface area contributed by atoms with Crippen molar-refractivity contribution in [1.82, 2.24) is 20.0 Å². The number of hydrogen-bond donors (Lipinski definition) is 1. The number of nitrogens with one attached hydrogen (secondary N) is 1. The Hall–Kier alpha value is -0.850. The van der Waals surface area contributed by atoms with Crippen LogP contribution in [-0.2, 0) is 4.74 Å². The predicted octanol–water partition coefficient (Wildman–Crippen LogP) is 1.09.